The van der Waals surface area contributed by atoms with E-state index < -0.39 is 134 Å². The molecule has 13 N–H and O–H groups in total. The summed E-state index contributed by atoms with van der Waals surface area (Å²) in [6.45, 7) is 7.23. The SMILES string of the molecule is CCCCCCCCCCCCCCCC(=O)N[C@H](C(=O)C[C@@H](CC(N)=O)C(=O)N[C@@H](C)C(=O)CCC(=O)N[C@@H](CCCN=C(N)N)C(=O)C[C@@H](CO)C(=O)N[C@@H](CC(C)O)C(=O)CC)[C@@H](C)O. The molecule has 0 aliphatic carbocycles. The van der Waals surface area contributed by atoms with Gasteiger partial charge in [-0.25, -0.2) is 0 Å². The molecule has 0 radical (unpaired) electrons. The highest BCUT2D eigenvalue weighted by molar-refractivity contribution is 5.97. The molecule has 0 aliphatic rings. The van der Waals surface area contributed by atoms with E-state index in [-0.39, 0.29) is 50.4 Å². The first kappa shape index (κ1) is 63.2. The van der Waals surface area contributed by atoms with Gasteiger partial charge in [0.25, 0.3) is 0 Å². The van der Waals surface area contributed by atoms with Gasteiger partial charge in [-0.3, -0.25) is 48.1 Å². The molecule has 0 aliphatic heterocycles. The number of aliphatic hydroxyl groups is 3. The van der Waals surface area contributed by atoms with E-state index in [0.29, 0.717) is 6.42 Å². The Balaban J connectivity index is 5.39. The normalized spacial score (nSPS) is 14.7. The third-order valence-electron chi connectivity index (χ3n) is 11.7. The topological polar surface area (TPSA) is 353 Å². The number of primary amides is 1. The molecule has 5 amide bonds. The van der Waals surface area contributed by atoms with E-state index in [4.69, 9.17) is 17.2 Å². The average Bonchev–Trinajstić information content (AvgIpc) is 3.27. The quantitative estimate of drug-likeness (QED) is 0.0238. The molecule has 1 unspecified atom stereocenters. The predicted molar refractivity (Wildman–Crippen MR) is 258 cm³/mol. The molecule has 20 heteroatoms. The van der Waals surface area contributed by atoms with Crippen LogP contribution in [-0.4, -0.2) is 123 Å². The van der Waals surface area contributed by atoms with Gasteiger partial charge in [-0.2, -0.15) is 0 Å². The molecular weight excluding hydrogens is 881 g/mol. The molecule has 0 aromatic carbocycles. The molecule has 0 bridgehead atoms. The third-order valence-corrected chi connectivity index (χ3v) is 11.7. The van der Waals surface area contributed by atoms with Crippen LogP contribution in [0.1, 0.15) is 182 Å². The van der Waals surface area contributed by atoms with E-state index in [1.807, 2.05) is 0 Å². The summed E-state index contributed by atoms with van der Waals surface area (Å²) in [6.07, 6.45) is 10.4. The molecule has 20 nitrogen and oxygen atoms in total. The Kier molecular flexibility index (Phi) is 34.5. The standard InChI is InChI=1S/C48H86N8O12/c1-6-8-9-10-11-12-13-14-15-16-17-18-19-22-43(65)56-45(33(5)59)41(63)27-34(29-42(49)64)46(67)53-32(4)39(61)23-24-44(66)54-36(21-20-25-52-48(50)51)40(62)28-35(30-57)47(68)55-37(26-31(3)58)38(60)7-2/h31-37,45,57-59H,6-30H2,1-5H3,(H2,49,64)(H,53,67)(H,54,66)(H,55,68)(H,56,65)(H4,50,51,52)/t31?,32-,33+,34-,35-,36-,37-,45-/m0/s1. The van der Waals surface area contributed by atoms with Crippen molar-refractivity contribution in [2.24, 2.45) is 34.0 Å². The molecule has 0 saturated heterocycles. The molecule has 0 saturated carbocycles. The number of nitrogens with one attached hydrogen (secondary N) is 4. The van der Waals surface area contributed by atoms with Crippen molar-refractivity contribution in [3.8, 4) is 0 Å². The molecule has 8 atom stereocenters. The zero-order valence-electron chi connectivity index (χ0n) is 41.5. The third kappa shape index (κ3) is 29.8. The van der Waals surface area contributed by atoms with Crippen molar-refractivity contribution in [3.05, 3.63) is 0 Å². The van der Waals surface area contributed by atoms with E-state index in [1.54, 1.807) is 6.92 Å². The number of aliphatic imine (C=N–C) groups is 1. The van der Waals surface area contributed by atoms with Crippen molar-refractivity contribution in [1.29, 1.82) is 0 Å². The second kappa shape index (κ2) is 37.1. The molecule has 0 fully saturated rings. The van der Waals surface area contributed by atoms with Gasteiger partial charge in [-0.15, -0.1) is 0 Å². The minimum absolute atomic E-state index is 0.0134. The fraction of sp³-hybridized carbons (Fsp3) is 0.792. The van der Waals surface area contributed by atoms with Crippen molar-refractivity contribution in [2.45, 2.75) is 219 Å². The number of ketones is 4. The smallest absolute Gasteiger partial charge is 0.226 e. The first-order valence-corrected chi connectivity index (χ1v) is 24.8. The van der Waals surface area contributed by atoms with Crippen LogP contribution in [0, 0.1) is 11.8 Å². The molecule has 0 aromatic heterocycles. The summed E-state index contributed by atoms with van der Waals surface area (Å²) in [6, 6.07) is -4.80. The fourth-order valence-corrected chi connectivity index (χ4v) is 7.61. The maximum Gasteiger partial charge on any atom is 0.226 e. The number of nitrogens with two attached hydrogens (primary N) is 3. The lowest BCUT2D eigenvalue weighted by atomic mass is 9.92. The van der Waals surface area contributed by atoms with Crippen molar-refractivity contribution in [3.63, 3.8) is 0 Å². The van der Waals surface area contributed by atoms with Crippen molar-refractivity contribution >= 4 is 58.6 Å². The highest BCUT2D eigenvalue weighted by atomic mass is 16.3. The van der Waals surface area contributed by atoms with Crippen molar-refractivity contribution < 1.29 is 58.5 Å². The number of hydrogen-bond donors (Lipinski definition) is 10. The average molecular weight is 967 g/mol. The van der Waals surface area contributed by atoms with Crippen LogP contribution in [0.4, 0.5) is 0 Å². The number of nitrogens with zero attached hydrogens (tertiary/aromatic N) is 1. The molecule has 0 heterocycles. The van der Waals surface area contributed by atoms with E-state index in [1.165, 1.54) is 72.1 Å². The first-order valence-electron chi connectivity index (χ1n) is 24.8. The first-order chi connectivity index (χ1) is 32.2. The van der Waals surface area contributed by atoms with Crippen LogP contribution in [0.5, 0.6) is 0 Å². The number of aliphatic hydroxyl groups excluding tert-OH is 3. The zero-order chi connectivity index (χ0) is 51.6. The Bertz CT molecular complexity index is 1600. The van der Waals surface area contributed by atoms with Gasteiger partial charge in [0.1, 0.15) is 6.04 Å². The Morgan fingerprint density at radius 1 is 0.544 bits per heavy atom. The lowest BCUT2D eigenvalue weighted by Gasteiger charge is -2.24. The van der Waals surface area contributed by atoms with Crippen LogP contribution in [-0.2, 0) is 43.2 Å². The number of guanidine groups is 1. The maximum atomic E-state index is 13.5. The summed E-state index contributed by atoms with van der Waals surface area (Å²) in [5.41, 5.74) is 16.2. The van der Waals surface area contributed by atoms with Crippen molar-refractivity contribution in [1.82, 2.24) is 21.3 Å². The fourth-order valence-electron chi connectivity index (χ4n) is 7.61. The Labute approximate surface area is 403 Å². The molecular formula is C48H86N8O12. The lowest BCUT2D eigenvalue weighted by Crippen LogP contribution is -2.49. The minimum atomic E-state index is -1.36. The summed E-state index contributed by atoms with van der Waals surface area (Å²) in [5.74, 6) is -8.89. The van der Waals surface area contributed by atoms with Crippen molar-refractivity contribution in [2.75, 3.05) is 13.2 Å². The summed E-state index contributed by atoms with van der Waals surface area (Å²) >= 11 is 0. The van der Waals surface area contributed by atoms with Gasteiger partial charge in [0.05, 0.1) is 48.8 Å². The summed E-state index contributed by atoms with van der Waals surface area (Å²) in [7, 11) is 0. The van der Waals surface area contributed by atoms with Crippen LogP contribution in [0.15, 0.2) is 4.99 Å². The summed E-state index contributed by atoms with van der Waals surface area (Å²) in [4.78, 5) is 120. The van der Waals surface area contributed by atoms with Gasteiger partial charge in [0, 0.05) is 57.9 Å². The predicted octanol–water partition coefficient (Wildman–Crippen LogP) is 1.98. The largest absolute Gasteiger partial charge is 0.396 e. The summed E-state index contributed by atoms with van der Waals surface area (Å²) < 4.78 is 0. The van der Waals surface area contributed by atoms with E-state index in [9.17, 15) is 58.5 Å². The zero-order valence-corrected chi connectivity index (χ0v) is 41.5. The highest BCUT2D eigenvalue weighted by Gasteiger charge is 2.33. The van der Waals surface area contributed by atoms with Gasteiger partial charge < -0.3 is 53.8 Å². The Morgan fingerprint density at radius 2 is 1.07 bits per heavy atom. The van der Waals surface area contributed by atoms with Crippen LogP contribution < -0.4 is 38.5 Å². The van der Waals surface area contributed by atoms with Gasteiger partial charge in [-0.1, -0.05) is 90.9 Å². The highest BCUT2D eigenvalue weighted by Crippen LogP contribution is 2.17. The molecule has 390 valence electrons. The van der Waals surface area contributed by atoms with E-state index >= 15 is 0 Å². The van der Waals surface area contributed by atoms with Crippen LogP contribution in [0.2, 0.25) is 0 Å². The minimum Gasteiger partial charge on any atom is -0.396 e. The van der Waals surface area contributed by atoms with Gasteiger partial charge in [0.2, 0.25) is 29.5 Å². The molecule has 0 aromatic rings. The van der Waals surface area contributed by atoms with Gasteiger partial charge in [-0.05, 0) is 40.0 Å². The number of unbranched alkanes of at least 4 members (excludes halogenated alkanes) is 12. The van der Waals surface area contributed by atoms with Crippen LogP contribution >= 0.6 is 0 Å². The van der Waals surface area contributed by atoms with Gasteiger partial charge >= 0.3 is 0 Å². The lowest BCUT2D eigenvalue weighted by molar-refractivity contribution is -0.136. The number of Topliss-reactive ketones (excluding diaryl/α,β-unsaturated/α-hetero) is 4. The van der Waals surface area contributed by atoms with E-state index in [0.717, 1.165) is 25.7 Å². The Morgan fingerprint density at radius 3 is 1.57 bits per heavy atom. The van der Waals surface area contributed by atoms with Crippen LogP contribution in [0.3, 0.4) is 0 Å². The second-order valence-electron chi connectivity index (χ2n) is 18.1. The molecule has 68 heavy (non-hydrogen) atoms. The summed E-state index contributed by atoms with van der Waals surface area (Å²) in [5, 5.41) is 40.3. The number of amides is 5. The van der Waals surface area contributed by atoms with E-state index in [2.05, 4.69) is 33.2 Å². The number of hydrogen-bond acceptors (Lipinski definition) is 13. The molecule has 0 spiro atoms. The second-order valence-corrected chi connectivity index (χ2v) is 18.1. The maximum absolute atomic E-state index is 13.5. The Hall–Kier alpha value is -4.82. The molecule has 0 rings (SSSR count). The number of carbonyl (C=O) groups is 9. The van der Waals surface area contributed by atoms with Gasteiger partial charge in [0.15, 0.2) is 29.1 Å². The van der Waals surface area contributed by atoms with Crippen LogP contribution in [0.25, 0.3) is 0 Å². The monoisotopic (exact) mass is 967 g/mol. The number of rotatable bonds is 42. The number of carbonyl (C=O) groups excluding carboxylic acids is 9.